The molecule has 126 valence electrons. The third-order valence-electron chi connectivity index (χ3n) is 4.39. The smallest absolute Gasteiger partial charge is 0.317 e. The molecule has 1 aromatic heterocycles. The van der Waals surface area contributed by atoms with Crippen molar-refractivity contribution in [2.45, 2.75) is 51.4 Å². The number of urea groups is 1. The van der Waals surface area contributed by atoms with E-state index in [2.05, 4.69) is 10.3 Å². The average Bonchev–Trinajstić information content (AvgIpc) is 3.07. The molecule has 6 heteroatoms. The number of nitrogens with one attached hydrogen (secondary N) is 1. The number of rotatable bonds is 4. The monoisotopic (exact) mass is 319 g/mol. The van der Waals surface area contributed by atoms with Crippen LogP contribution in [0.5, 0.6) is 5.88 Å². The number of aromatic nitrogens is 1. The minimum Gasteiger partial charge on any atom is -0.474 e. The van der Waals surface area contributed by atoms with E-state index in [1.165, 1.54) is 12.8 Å². The molecule has 1 N–H and O–H groups in total. The molecule has 1 atom stereocenters. The summed E-state index contributed by atoms with van der Waals surface area (Å²) in [5.74, 6) is 0.648. The van der Waals surface area contributed by atoms with Crippen molar-refractivity contribution in [3.63, 3.8) is 0 Å². The van der Waals surface area contributed by atoms with E-state index in [9.17, 15) is 4.79 Å². The van der Waals surface area contributed by atoms with E-state index in [0.717, 1.165) is 18.4 Å². The van der Waals surface area contributed by atoms with Crippen molar-refractivity contribution in [1.82, 2.24) is 15.2 Å². The number of amides is 2. The normalized spacial score (nSPS) is 22.1. The second kappa shape index (κ2) is 7.64. The topological polar surface area (TPSA) is 63.7 Å². The summed E-state index contributed by atoms with van der Waals surface area (Å²) in [4.78, 5) is 18.4. The lowest BCUT2D eigenvalue weighted by molar-refractivity contribution is -0.00353. The Balaban J connectivity index is 1.56. The molecular weight excluding hydrogens is 294 g/mol. The SMILES string of the molecule is CC1CN(C(=O)NCc2cccnc2OC2CCCC2)CCO1. The van der Waals surface area contributed by atoms with Gasteiger partial charge in [-0.15, -0.1) is 0 Å². The number of carbonyl (C=O) groups is 1. The van der Waals surface area contributed by atoms with Gasteiger partial charge in [0.1, 0.15) is 6.10 Å². The van der Waals surface area contributed by atoms with Crippen molar-refractivity contribution in [1.29, 1.82) is 0 Å². The third kappa shape index (κ3) is 4.34. The van der Waals surface area contributed by atoms with Gasteiger partial charge >= 0.3 is 6.03 Å². The van der Waals surface area contributed by atoms with Gasteiger partial charge in [-0.05, 0) is 38.7 Å². The Morgan fingerprint density at radius 1 is 1.48 bits per heavy atom. The van der Waals surface area contributed by atoms with Crippen molar-refractivity contribution < 1.29 is 14.3 Å². The lowest BCUT2D eigenvalue weighted by Crippen LogP contribution is -2.48. The van der Waals surface area contributed by atoms with Gasteiger partial charge in [0.2, 0.25) is 5.88 Å². The predicted octanol–water partition coefficient (Wildman–Crippen LogP) is 2.33. The average molecular weight is 319 g/mol. The Bertz CT molecular complexity index is 532. The molecule has 0 aromatic carbocycles. The highest BCUT2D eigenvalue weighted by molar-refractivity contribution is 5.74. The summed E-state index contributed by atoms with van der Waals surface area (Å²) in [7, 11) is 0. The molecule has 23 heavy (non-hydrogen) atoms. The molecule has 2 fully saturated rings. The zero-order chi connectivity index (χ0) is 16.1. The van der Waals surface area contributed by atoms with Gasteiger partial charge in [0, 0.05) is 31.4 Å². The van der Waals surface area contributed by atoms with Gasteiger partial charge in [0.05, 0.1) is 12.7 Å². The van der Waals surface area contributed by atoms with Crippen LogP contribution in [0.1, 0.15) is 38.2 Å². The van der Waals surface area contributed by atoms with Crippen molar-refractivity contribution >= 4 is 6.03 Å². The quantitative estimate of drug-likeness (QED) is 0.925. The Hall–Kier alpha value is -1.82. The fraction of sp³-hybridized carbons (Fsp3) is 0.647. The van der Waals surface area contributed by atoms with Crippen LogP contribution in [0.25, 0.3) is 0 Å². The van der Waals surface area contributed by atoms with Gasteiger partial charge in [-0.1, -0.05) is 6.07 Å². The molecule has 1 saturated heterocycles. The van der Waals surface area contributed by atoms with Crippen LogP contribution in [0.4, 0.5) is 4.79 Å². The predicted molar refractivity (Wildman–Crippen MR) is 86.3 cm³/mol. The van der Waals surface area contributed by atoms with E-state index < -0.39 is 0 Å². The van der Waals surface area contributed by atoms with E-state index in [-0.39, 0.29) is 18.2 Å². The highest BCUT2D eigenvalue weighted by Crippen LogP contribution is 2.24. The summed E-state index contributed by atoms with van der Waals surface area (Å²) >= 11 is 0. The Kier molecular flexibility index (Phi) is 5.33. The first kappa shape index (κ1) is 16.1. The van der Waals surface area contributed by atoms with Crippen LogP contribution in [0.2, 0.25) is 0 Å². The van der Waals surface area contributed by atoms with E-state index in [1.807, 2.05) is 19.1 Å². The lowest BCUT2D eigenvalue weighted by Gasteiger charge is -2.31. The molecule has 6 nitrogen and oxygen atoms in total. The molecule has 2 heterocycles. The summed E-state index contributed by atoms with van der Waals surface area (Å²) in [6.07, 6.45) is 6.72. The zero-order valence-electron chi connectivity index (χ0n) is 13.7. The Labute approximate surface area is 137 Å². The summed E-state index contributed by atoms with van der Waals surface area (Å²) in [5, 5.41) is 2.97. The Morgan fingerprint density at radius 3 is 3.09 bits per heavy atom. The maximum atomic E-state index is 12.3. The molecule has 2 aliphatic rings. The van der Waals surface area contributed by atoms with Crippen molar-refractivity contribution in [2.75, 3.05) is 19.7 Å². The van der Waals surface area contributed by atoms with Gasteiger partial charge in [-0.3, -0.25) is 0 Å². The van der Waals surface area contributed by atoms with E-state index in [0.29, 0.717) is 32.1 Å². The van der Waals surface area contributed by atoms with Crippen LogP contribution in [-0.4, -0.2) is 47.8 Å². The van der Waals surface area contributed by atoms with Crippen LogP contribution in [-0.2, 0) is 11.3 Å². The minimum atomic E-state index is -0.0594. The van der Waals surface area contributed by atoms with Gasteiger partial charge in [-0.2, -0.15) is 0 Å². The maximum Gasteiger partial charge on any atom is 0.317 e. The van der Waals surface area contributed by atoms with Gasteiger partial charge < -0.3 is 19.7 Å². The summed E-state index contributed by atoms with van der Waals surface area (Å²) in [6.45, 7) is 4.27. The third-order valence-corrected chi connectivity index (χ3v) is 4.39. The molecule has 1 aromatic rings. The second-order valence-electron chi connectivity index (χ2n) is 6.28. The van der Waals surface area contributed by atoms with Crippen molar-refractivity contribution in [3.8, 4) is 5.88 Å². The molecule has 0 spiro atoms. The van der Waals surface area contributed by atoms with Crippen molar-refractivity contribution in [2.24, 2.45) is 0 Å². The van der Waals surface area contributed by atoms with Crippen LogP contribution in [0, 0.1) is 0 Å². The number of hydrogen-bond donors (Lipinski definition) is 1. The van der Waals surface area contributed by atoms with Gasteiger partial charge in [-0.25, -0.2) is 9.78 Å². The summed E-state index contributed by atoms with van der Waals surface area (Å²) in [5.41, 5.74) is 0.925. The molecule has 0 radical (unpaired) electrons. The second-order valence-corrected chi connectivity index (χ2v) is 6.28. The van der Waals surface area contributed by atoms with E-state index in [4.69, 9.17) is 9.47 Å². The summed E-state index contributed by atoms with van der Waals surface area (Å²) < 4.78 is 11.5. The number of pyridine rings is 1. The molecule has 1 saturated carbocycles. The summed E-state index contributed by atoms with van der Waals surface area (Å²) in [6, 6.07) is 3.77. The molecular formula is C17H25N3O3. The maximum absolute atomic E-state index is 12.3. The van der Waals surface area contributed by atoms with Crippen LogP contribution in [0.15, 0.2) is 18.3 Å². The van der Waals surface area contributed by atoms with Gasteiger partial charge in [0.25, 0.3) is 0 Å². The number of hydrogen-bond acceptors (Lipinski definition) is 4. The number of morpholine rings is 1. The number of ether oxygens (including phenoxy) is 2. The molecule has 1 aliphatic carbocycles. The van der Waals surface area contributed by atoms with Crippen LogP contribution < -0.4 is 10.1 Å². The largest absolute Gasteiger partial charge is 0.474 e. The first-order valence-corrected chi connectivity index (χ1v) is 8.47. The lowest BCUT2D eigenvalue weighted by atomic mass is 10.2. The first-order chi connectivity index (χ1) is 11.2. The van der Waals surface area contributed by atoms with E-state index >= 15 is 0 Å². The molecule has 0 bridgehead atoms. The highest BCUT2D eigenvalue weighted by atomic mass is 16.5. The number of nitrogens with zero attached hydrogens (tertiary/aromatic N) is 2. The van der Waals surface area contributed by atoms with Crippen LogP contribution >= 0.6 is 0 Å². The standard InChI is InChI=1S/C17H25N3O3/c1-13-12-20(9-10-22-13)17(21)19-11-14-5-4-8-18-16(14)23-15-6-2-3-7-15/h4-5,8,13,15H,2-3,6-7,9-12H2,1H3,(H,19,21). The van der Waals surface area contributed by atoms with E-state index in [1.54, 1.807) is 11.1 Å². The van der Waals surface area contributed by atoms with Crippen LogP contribution in [0.3, 0.4) is 0 Å². The molecule has 1 unspecified atom stereocenters. The number of carbonyl (C=O) groups excluding carboxylic acids is 1. The highest BCUT2D eigenvalue weighted by Gasteiger charge is 2.22. The zero-order valence-corrected chi connectivity index (χ0v) is 13.7. The molecule has 3 rings (SSSR count). The van der Waals surface area contributed by atoms with Crippen molar-refractivity contribution in [3.05, 3.63) is 23.9 Å². The fourth-order valence-corrected chi connectivity index (χ4v) is 3.11. The molecule has 2 amide bonds. The van der Waals surface area contributed by atoms with Gasteiger partial charge in [0.15, 0.2) is 0 Å². The Morgan fingerprint density at radius 2 is 2.30 bits per heavy atom. The molecule has 1 aliphatic heterocycles. The first-order valence-electron chi connectivity index (χ1n) is 8.47. The minimum absolute atomic E-state index is 0.0594. The fourth-order valence-electron chi connectivity index (χ4n) is 3.11.